The lowest BCUT2D eigenvalue weighted by Crippen LogP contribution is -2.55. The highest BCUT2D eigenvalue weighted by Crippen LogP contribution is 2.41. The summed E-state index contributed by atoms with van der Waals surface area (Å²) in [7, 11) is 1.56. The number of nitrogens with one attached hydrogen (secondary N) is 1. The molecule has 5 rings (SSSR count). The summed E-state index contributed by atoms with van der Waals surface area (Å²) in [4.78, 5) is 7.66. The molecule has 2 aliphatic rings. The largest absolute Gasteiger partial charge is 0.507 e. The molecule has 2 heterocycles. The van der Waals surface area contributed by atoms with Gasteiger partial charge in [-0.15, -0.1) is 0 Å². The van der Waals surface area contributed by atoms with E-state index in [9.17, 15) is 10.2 Å². The molecule has 1 fully saturated rings. The summed E-state index contributed by atoms with van der Waals surface area (Å²) in [6.45, 7) is 2.75. The van der Waals surface area contributed by atoms with Crippen molar-refractivity contribution in [1.82, 2.24) is 10.2 Å². The monoisotopic (exact) mass is 457 g/mol. The van der Waals surface area contributed by atoms with E-state index in [4.69, 9.17) is 9.73 Å². The van der Waals surface area contributed by atoms with Crippen molar-refractivity contribution in [3.8, 4) is 17.2 Å². The van der Waals surface area contributed by atoms with E-state index in [-0.39, 0.29) is 17.5 Å². The molecule has 0 unspecified atom stereocenters. The van der Waals surface area contributed by atoms with Gasteiger partial charge >= 0.3 is 0 Å². The first-order chi connectivity index (χ1) is 16.6. The highest BCUT2D eigenvalue weighted by molar-refractivity contribution is 6.03. The number of benzene rings is 3. The summed E-state index contributed by atoms with van der Waals surface area (Å²) in [6.07, 6.45) is 2.25. The van der Waals surface area contributed by atoms with Crippen LogP contribution in [0.5, 0.6) is 17.2 Å². The Labute approximate surface area is 200 Å². The Balaban J connectivity index is 1.45. The molecule has 0 radical (unpaired) electrons. The number of hydrogen-bond acceptors (Lipinski definition) is 6. The van der Waals surface area contributed by atoms with Crippen LogP contribution in [-0.4, -0.2) is 46.7 Å². The maximum absolute atomic E-state index is 10.9. The number of ether oxygens (including phenoxy) is 1. The van der Waals surface area contributed by atoms with Crippen LogP contribution in [0.4, 0.5) is 0 Å². The van der Waals surface area contributed by atoms with E-state index >= 15 is 0 Å². The van der Waals surface area contributed by atoms with E-state index in [2.05, 4.69) is 34.5 Å². The van der Waals surface area contributed by atoms with Gasteiger partial charge in [-0.2, -0.15) is 0 Å². The summed E-state index contributed by atoms with van der Waals surface area (Å²) < 4.78 is 5.36. The second-order valence-corrected chi connectivity index (χ2v) is 9.17. The lowest BCUT2D eigenvalue weighted by molar-refractivity contribution is 0.119. The zero-order valence-corrected chi connectivity index (χ0v) is 19.4. The maximum atomic E-state index is 10.9. The number of aliphatic imine (C=N–C) groups is 1. The highest BCUT2D eigenvalue weighted by atomic mass is 16.5. The second kappa shape index (κ2) is 9.49. The Morgan fingerprint density at radius 2 is 1.71 bits per heavy atom. The van der Waals surface area contributed by atoms with E-state index in [1.54, 1.807) is 19.2 Å². The average Bonchev–Trinajstić information content (AvgIpc) is 2.86. The van der Waals surface area contributed by atoms with Gasteiger partial charge in [0, 0.05) is 48.9 Å². The minimum absolute atomic E-state index is 0.150. The topological polar surface area (TPSA) is 77.3 Å². The van der Waals surface area contributed by atoms with Crippen molar-refractivity contribution in [3.05, 3.63) is 89.5 Å². The number of likely N-dealkylation sites (tertiary alicyclic amines) is 1. The predicted molar refractivity (Wildman–Crippen MR) is 133 cm³/mol. The van der Waals surface area contributed by atoms with Crippen molar-refractivity contribution in [1.29, 1.82) is 0 Å². The molecule has 0 aromatic heterocycles. The molecule has 3 N–H and O–H groups in total. The Hall–Kier alpha value is -3.35. The molecule has 2 aliphatic heterocycles. The number of nitrogens with zero attached hydrogens (tertiary/aromatic N) is 2. The minimum atomic E-state index is -0.455. The third-order valence-electron chi connectivity index (χ3n) is 6.96. The fourth-order valence-electron chi connectivity index (χ4n) is 5.14. The van der Waals surface area contributed by atoms with Crippen molar-refractivity contribution in [2.24, 2.45) is 4.99 Å². The third kappa shape index (κ3) is 4.52. The normalized spacial score (nSPS) is 20.1. The fraction of sp³-hybridized carbons (Fsp3) is 0.321. The van der Waals surface area contributed by atoms with Crippen molar-refractivity contribution in [2.75, 3.05) is 20.2 Å². The van der Waals surface area contributed by atoms with Crippen LogP contribution in [0.15, 0.2) is 77.8 Å². The molecule has 0 amide bonds. The van der Waals surface area contributed by atoms with Gasteiger partial charge < -0.3 is 14.9 Å². The van der Waals surface area contributed by atoms with E-state index in [1.807, 2.05) is 36.4 Å². The number of piperidine rings is 1. The average molecular weight is 458 g/mol. The second-order valence-electron chi connectivity index (χ2n) is 9.17. The van der Waals surface area contributed by atoms with Gasteiger partial charge in [0.15, 0.2) is 11.5 Å². The zero-order valence-electron chi connectivity index (χ0n) is 19.4. The van der Waals surface area contributed by atoms with E-state index < -0.39 is 5.66 Å². The summed E-state index contributed by atoms with van der Waals surface area (Å²) in [5.41, 5.74) is 3.26. The number of para-hydroxylation sites is 2. The minimum Gasteiger partial charge on any atom is -0.507 e. The molecule has 0 bridgehead atoms. The van der Waals surface area contributed by atoms with Crippen LogP contribution in [0.2, 0.25) is 0 Å². The molecule has 1 atom stereocenters. The quantitative estimate of drug-likeness (QED) is 0.521. The molecule has 0 saturated carbocycles. The summed E-state index contributed by atoms with van der Waals surface area (Å²) in [5.74, 6) is 0.837. The molecular weight excluding hydrogens is 426 g/mol. The van der Waals surface area contributed by atoms with Gasteiger partial charge in [0.1, 0.15) is 11.4 Å². The number of methoxy groups -OCH3 is 1. The Kier molecular flexibility index (Phi) is 6.26. The van der Waals surface area contributed by atoms with Crippen LogP contribution in [0.25, 0.3) is 0 Å². The van der Waals surface area contributed by atoms with Crippen LogP contribution < -0.4 is 10.1 Å². The molecule has 176 valence electrons. The molecular formula is C28H31N3O3. The molecule has 6 nitrogen and oxygen atoms in total. The first-order valence-corrected chi connectivity index (χ1v) is 11.8. The number of rotatable bonds is 5. The summed E-state index contributed by atoms with van der Waals surface area (Å²) >= 11 is 0. The molecule has 6 heteroatoms. The van der Waals surface area contributed by atoms with Crippen LogP contribution in [0.3, 0.4) is 0 Å². The van der Waals surface area contributed by atoms with Gasteiger partial charge in [0.2, 0.25) is 0 Å². The first kappa shape index (κ1) is 22.4. The van der Waals surface area contributed by atoms with Crippen molar-refractivity contribution in [2.45, 2.75) is 37.5 Å². The first-order valence-electron chi connectivity index (χ1n) is 11.8. The van der Waals surface area contributed by atoms with Crippen molar-refractivity contribution >= 4 is 5.71 Å². The summed E-state index contributed by atoms with van der Waals surface area (Å²) in [6, 6.07) is 23.3. The standard InChI is InChI=1S/C28H31N3O3/c1-34-26-13-7-11-22(27(26)33)24-18-23(21-10-5-6-12-25(21)32)29-28(30-24)14-16-31(17-15-28)19-20-8-3-2-4-9-20/h2-13,24,30,32-33H,14-19H2,1H3/t24-/m0/s1. The molecule has 1 spiro atoms. The Morgan fingerprint density at radius 1 is 0.971 bits per heavy atom. The molecule has 34 heavy (non-hydrogen) atoms. The number of hydrogen-bond donors (Lipinski definition) is 3. The SMILES string of the molecule is COc1cccc([C@@H]2CC(c3ccccc3O)=NC3(CCN(Cc4ccccc4)CC3)N2)c1O. The van der Waals surface area contributed by atoms with Crippen LogP contribution >= 0.6 is 0 Å². The fourth-order valence-corrected chi connectivity index (χ4v) is 5.14. The van der Waals surface area contributed by atoms with Crippen molar-refractivity contribution in [3.63, 3.8) is 0 Å². The lowest BCUT2D eigenvalue weighted by Gasteiger charge is -2.45. The molecule has 1 saturated heterocycles. The molecule has 0 aliphatic carbocycles. The summed E-state index contributed by atoms with van der Waals surface area (Å²) in [5, 5.41) is 25.2. The Bertz CT molecular complexity index is 1170. The van der Waals surface area contributed by atoms with Gasteiger partial charge in [0.25, 0.3) is 0 Å². The van der Waals surface area contributed by atoms with Crippen molar-refractivity contribution < 1.29 is 14.9 Å². The van der Waals surface area contributed by atoms with Gasteiger partial charge in [0.05, 0.1) is 7.11 Å². The van der Waals surface area contributed by atoms with Crippen LogP contribution in [0.1, 0.15) is 42.0 Å². The Morgan fingerprint density at radius 3 is 2.44 bits per heavy atom. The number of aromatic hydroxyl groups is 2. The number of phenolic OH excluding ortho intramolecular Hbond substituents is 2. The molecule has 3 aromatic carbocycles. The molecule has 3 aromatic rings. The third-order valence-corrected chi connectivity index (χ3v) is 6.96. The lowest BCUT2D eigenvalue weighted by atomic mass is 9.87. The highest BCUT2D eigenvalue weighted by Gasteiger charge is 2.41. The number of phenols is 2. The van der Waals surface area contributed by atoms with E-state index in [0.29, 0.717) is 12.2 Å². The van der Waals surface area contributed by atoms with E-state index in [1.165, 1.54) is 5.56 Å². The van der Waals surface area contributed by atoms with Crippen LogP contribution in [-0.2, 0) is 6.54 Å². The van der Waals surface area contributed by atoms with E-state index in [0.717, 1.165) is 49.3 Å². The van der Waals surface area contributed by atoms with Gasteiger partial charge in [-0.3, -0.25) is 15.2 Å². The smallest absolute Gasteiger partial charge is 0.162 e. The maximum Gasteiger partial charge on any atom is 0.162 e. The van der Waals surface area contributed by atoms with Gasteiger partial charge in [-0.1, -0.05) is 54.6 Å². The van der Waals surface area contributed by atoms with Crippen LogP contribution in [0, 0.1) is 0 Å². The zero-order chi connectivity index (χ0) is 23.5. The predicted octanol–water partition coefficient (Wildman–Crippen LogP) is 4.62. The van der Waals surface area contributed by atoms with Gasteiger partial charge in [-0.25, -0.2) is 0 Å². The van der Waals surface area contributed by atoms with Gasteiger partial charge in [-0.05, 0) is 36.6 Å².